The van der Waals surface area contributed by atoms with Crippen molar-refractivity contribution in [1.29, 1.82) is 0 Å². The second-order valence-electron chi connectivity index (χ2n) is 5.21. The van der Waals surface area contributed by atoms with E-state index in [4.69, 9.17) is 29.3 Å². The molecule has 0 saturated heterocycles. The maximum absolute atomic E-state index is 9.10. The van der Waals surface area contributed by atoms with Gasteiger partial charge in [0.05, 0.1) is 14.2 Å². The van der Waals surface area contributed by atoms with Gasteiger partial charge in [-0.1, -0.05) is 36.4 Å². The van der Waals surface area contributed by atoms with Crippen LogP contribution in [-0.4, -0.2) is 42.9 Å². The van der Waals surface area contributed by atoms with Crippen LogP contribution in [0, 0.1) is 0 Å². The topological polar surface area (TPSA) is 105 Å². The van der Waals surface area contributed by atoms with E-state index < -0.39 is 11.9 Å². The standard InChI is InChI=1S/C17H21NO2.C2H2O4/c1-19-16-9-8-15(12-17(16)20-2)13-18-11-10-14-6-4-3-5-7-14;3-1(4)2(5)6/h3-9,12,18H,10-11,13H2,1-2H3;(H,3,4)(H,5,6). The Morgan fingerprint density at radius 3 is 2.04 bits per heavy atom. The van der Waals surface area contributed by atoms with Gasteiger partial charge in [-0.05, 0) is 36.2 Å². The van der Waals surface area contributed by atoms with E-state index in [9.17, 15) is 0 Å². The van der Waals surface area contributed by atoms with E-state index in [1.54, 1.807) is 14.2 Å². The molecule has 0 aliphatic carbocycles. The van der Waals surface area contributed by atoms with Crippen LogP contribution < -0.4 is 14.8 Å². The molecule has 140 valence electrons. The Bertz CT molecular complexity index is 690. The lowest BCUT2D eigenvalue weighted by Crippen LogP contribution is -2.16. The van der Waals surface area contributed by atoms with E-state index in [0.717, 1.165) is 31.0 Å². The highest BCUT2D eigenvalue weighted by atomic mass is 16.5. The molecule has 7 nitrogen and oxygen atoms in total. The molecule has 0 radical (unpaired) electrons. The van der Waals surface area contributed by atoms with Crippen molar-refractivity contribution in [2.45, 2.75) is 13.0 Å². The molecular weight excluding hydrogens is 338 g/mol. The van der Waals surface area contributed by atoms with Gasteiger partial charge in [0.25, 0.3) is 0 Å². The van der Waals surface area contributed by atoms with Crippen molar-refractivity contribution in [3.63, 3.8) is 0 Å². The monoisotopic (exact) mass is 361 g/mol. The van der Waals surface area contributed by atoms with E-state index in [0.29, 0.717) is 0 Å². The van der Waals surface area contributed by atoms with Crippen molar-refractivity contribution in [3.05, 3.63) is 59.7 Å². The Kier molecular flexibility index (Phi) is 9.27. The predicted octanol–water partition coefficient (Wildman–Crippen LogP) is 2.19. The molecule has 2 aromatic rings. The number of rotatable bonds is 7. The highest BCUT2D eigenvalue weighted by Crippen LogP contribution is 2.27. The summed E-state index contributed by atoms with van der Waals surface area (Å²) in [5, 5.41) is 18.2. The van der Waals surface area contributed by atoms with Crippen LogP contribution in [-0.2, 0) is 22.6 Å². The van der Waals surface area contributed by atoms with Gasteiger partial charge in [-0.2, -0.15) is 0 Å². The summed E-state index contributed by atoms with van der Waals surface area (Å²) in [5.41, 5.74) is 2.54. The summed E-state index contributed by atoms with van der Waals surface area (Å²) in [7, 11) is 3.31. The average Bonchev–Trinajstić information content (AvgIpc) is 2.66. The van der Waals surface area contributed by atoms with Gasteiger partial charge in [-0.15, -0.1) is 0 Å². The van der Waals surface area contributed by atoms with Crippen LogP contribution in [0.25, 0.3) is 0 Å². The number of aliphatic carboxylic acids is 2. The van der Waals surface area contributed by atoms with Crippen LogP contribution in [0.3, 0.4) is 0 Å². The summed E-state index contributed by atoms with van der Waals surface area (Å²) >= 11 is 0. The lowest BCUT2D eigenvalue weighted by molar-refractivity contribution is -0.159. The zero-order chi connectivity index (χ0) is 19.4. The molecule has 0 aromatic heterocycles. The van der Waals surface area contributed by atoms with E-state index >= 15 is 0 Å². The molecule has 0 unspecified atom stereocenters. The SMILES string of the molecule is COc1ccc(CNCCc2ccccc2)cc1OC.O=C(O)C(=O)O. The zero-order valence-electron chi connectivity index (χ0n) is 14.8. The third kappa shape index (κ3) is 7.67. The first-order valence-electron chi connectivity index (χ1n) is 7.89. The molecule has 0 spiro atoms. The van der Waals surface area contributed by atoms with Gasteiger partial charge < -0.3 is 25.0 Å². The lowest BCUT2D eigenvalue weighted by atomic mass is 10.1. The Balaban J connectivity index is 0.000000487. The summed E-state index contributed by atoms with van der Waals surface area (Å²) in [6, 6.07) is 16.5. The molecule has 0 aliphatic heterocycles. The first-order chi connectivity index (χ1) is 12.5. The Hall–Kier alpha value is -3.06. The second-order valence-corrected chi connectivity index (χ2v) is 5.21. The zero-order valence-corrected chi connectivity index (χ0v) is 14.8. The predicted molar refractivity (Wildman–Crippen MR) is 96.7 cm³/mol. The maximum Gasteiger partial charge on any atom is 0.414 e. The van der Waals surface area contributed by atoms with Gasteiger partial charge in [0, 0.05) is 6.54 Å². The van der Waals surface area contributed by atoms with Crippen LogP contribution in [0.5, 0.6) is 11.5 Å². The number of carboxylic acid groups (broad SMARTS) is 2. The van der Waals surface area contributed by atoms with Crippen LogP contribution in [0.15, 0.2) is 48.5 Å². The number of ether oxygens (including phenoxy) is 2. The number of methoxy groups -OCH3 is 2. The maximum atomic E-state index is 9.10. The molecule has 0 saturated carbocycles. The second kappa shape index (κ2) is 11.5. The van der Waals surface area contributed by atoms with E-state index in [2.05, 4.69) is 35.6 Å². The molecule has 0 atom stereocenters. The Labute approximate surface area is 152 Å². The lowest BCUT2D eigenvalue weighted by Gasteiger charge is -2.10. The van der Waals surface area contributed by atoms with Gasteiger partial charge in [-0.25, -0.2) is 9.59 Å². The smallest absolute Gasteiger partial charge is 0.414 e. The van der Waals surface area contributed by atoms with E-state index in [-0.39, 0.29) is 0 Å². The highest BCUT2D eigenvalue weighted by molar-refractivity contribution is 6.27. The summed E-state index contributed by atoms with van der Waals surface area (Å²) < 4.78 is 10.5. The summed E-state index contributed by atoms with van der Waals surface area (Å²) in [5.74, 6) is -2.11. The van der Waals surface area contributed by atoms with Crippen LogP contribution in [0.1, 0.15) is 11.1 Å². The molecule has 2 rings (SSSR count). The minimum atomic E-state index is -1.82. The third-order valence-corrected chi connectivity index (χ3v) is 3.39. The van der Waals surface area contributed by atoms with Gasteiger partial charge in [-0.3, -0.25) is 0 Å². The van der Waals surface area contributed by atoms with Crippen molar-refractivity contribution in [2.24, 2.45) is 0 Å². The Morgan fingerprint density at radius 2 is 1.50 bits per heavy atom. The summed E-state index contributed by atoms with van der Waals surface area (Å²) in [6.45, 7) is 1.78. The number of nitrogens with one attached hydrogen (secondary N) is 1. The van der Waals surface area contributed by atoms with Gasteiger partial charge >= 0.3 is 11.9 Å². The molecule has 0 amide bonds. The fourth-order valence-corrected chi connectivity index (χ4v) is 2.10. The van der Waals surface area contributed by atoms with E-state index in [1.807, 2.05) is 18.2 Å². The first kappa shape index (κ1) is 21.0. The first-order valence-corrected chi connectivity index (χ1v) is 7.89. The largest absolute Gasteiger partial charge is 0.493 e. The van der Waals surface area contributed by atoms with Crippen molar-refractivity contribution in [1.82, 2.24) is 5.32 Å². The number of carboxylic acids is 2. The fraction of sp³-hybridized carbons (Fsp3) is 0.263. The molecule has 0 fully saturated rings. The number of hydrogen-bond acceptors (Lipinski definition) is 5. The third-order valence-electron chi connectivity index (χ3n) is 3.39. The number of benzene rings is 2. The van der Waals surface area contributed by atoms with Crippen molar-refractivity contribution in [3.8, 4) is 11.5 Å². The fourth-order valence-electron chi connectivity index (χ4n) is 2.10. The van der Waals surface area contributed by atoms with Crippen LogP contribution >= 0.6 is 0 Å². The van der Waals surface area contributed by atoms with Crippen molar-refractivity contribution in [2.75, 3.05) is 20.8 Å². The molecule has 3 N–H and O–H groups in total. The average molecular weight is 361 g/mol. The summed E-state index contributed by atoms with van der Waals surface area (Å²) in [6.07, 6.45) is 1.04. The van der Waals surface area contributed by atoms with Gasteiger partial charge in [0.15, 0.2) is 11.5 Å². The van der Waals surface area contributed by atoms with Gasteiger partial charge in [0.1, 0.15) is 0 Å². The summed E-state index contributed by atoms with van der Waals surface area (Å²) in [4.78, 5) is 18.2. The molecule has 0 bridgehead atoms. The molecule has 0 heterocycles. The Morgan fingerprint density at radius 1 is 0.885 bits per heavy atom. The highest BCUT2D eigenvalue weighted by Gasteiger charge is 2.04. The van der Waals surface area contributed by atoms with Crippen molar-refractivity contribution < 1.29 is 29.3 Å². The molecule has 26 heavy (non-hydrogen) atoms. The molecule has 2 aromatic carbocycles. The normalized spacial score (nSPS) is 9.62. The molecule has 7 heteroatoms. The van der Waals surface area contributed by atoms with Crippen LogP contribution in [0.4, 0.5) is 0 Å². The number of carbonyl (C=O) groups is 2. The quantitative estimate of drug-likeness (QED) is 0.513. The molecular formula is C19H23NO6. The number of hydrogen-bond donors (Lipinski definition) is 3. The minimum absolute atomic E-state index is 0.764. The van der Waals surface area contributed by atoms with Crippen molar-refractivity contribution >= 4 is 11.9 Å². The minimum Gasteiger partial charge on any atom is -0.493 e. The molecule has 0 aliphatic rings. The van der Waals surface area contributed by atoms with Gasteiger partial charge in [0.2, 0.25) is 0 Å². The van der Waals surface area contributed by atoms with Crippen LogP contribution in [0.2, 0.25) is 0 Å². The van der Waals surface area contributed by atoms with E-state index in [1.165, 1.54) is 11.1 Å².